The molecule has 3 rings (SSSR count). The number of aryl methyl sites for hydroxylation is 2. The fraction of sp³-hybridized carbons (Fsp3) is 0.579. The Hall–Kier alpha value is -1.92. The fourth-order valence-corrected chi connectivity index (χ4v) is 4.01. The van der Waals surface area contributed by atoms with E-state index in [0.717, 1.165) is 24.5 Å². The molecule has 136 valence electrons. The second-order valence-electron chi connectivity index (χ2n) is 7.39. The number of aromatic hydroxyl groups is 1. The van der Waals surface area contributed by atoms with Gasteiger partial charge in [0.25, 0.3) is 0 Å². The van der Waals surface area contributed by atoms with Crippen LogP contribution < -0.4 is 0 Å². The predicted octanol–water partition coefficient (Wildman–Crippen LogP) is 2.34. The van der Waals surface area contributed by atoms with Crippen LogP contribution in [0.5, 0.6) is 5.75 Å². The number of piperidine rings is 1. The van der Waals surface area contributed by atoms with Crippen molar-refractivity contribution in [2.45, 2.75) is 32.4 Å². The zero-order valence-electron chi connectivity index (χ0n) is 15.7. The highest BCUT2D eigenvalue weighted by molar-refractivity contribution is 5.27. The maximum Gasteiger partial charge on any atom is 0.138 e. The van der Waals surface area contributed by atoms with E-state index >= 15 is 0 Å². The molecule has 0 saturated carbocycles. The first-order chi connectivity index (χ1) is 11.9. The smallest absolute Gasteiger partial charge is 0.138 e. The van der Waals surface area contributed by atoms with Gasteiger partial charge in [-0.05, 0) is 58.5 Å². The number of aromatic nitrogens is 3. The minimum absolute atomic E-state index is 0.280. The Morgan fingerprint density at radius 1 is 1.32 bits per heavy atom. The van der Waals surface area contributed by atoms with Crippen LogP contribution in [-0.2, 0) is 13.6 Å². The van der Waals surface area contributed by atoms with Gasteiger partial charge in [-0.3, -0.25) is 14.6 Å². The molecule has 1 fully saturated rings. The van der Waals surface area contributed by atoms with Gasteiger partial charge < -0.3 is 10.0 Å². The Labute approximate surface area is 150 Å². The normalized spacial score (nSPS) is 21.8. The van der Waals surface area contributed by atoms with Crippen LogP contribution >= 0.6 is 0 Å². The predicted molar refractivity (Wildman–Crippen MR) is 98.3 cm³/mol. The molecule has 0 radical (unpaired) electrons. The summed E-state index contributed by atoms with van der Waals surface area (Å²) in [4.78, 5) is 9.20. The van der Waals surface area contributed by atoms with Crippen molar-refractivity contribution in [1.29, 1.82) is 0 Å². The number of rotatable bonds is 5. The van der Waals surface area contributed by atoms with Gasteiger partial charge in [-0.2, -0.15) is 5.10 Å². The Balaban J connectivity index is 1.71. The first-order valence-electron chi connectivity index (χ1n) is 8.97. The van der Waals surface area contributed by atoms with Crippen molar-refractivity contribution < 1.29 is 5.11 Å². The second kappa shape index (κ2) is 7.54. The van der Waals surface area contributed by atoms with Gasteiger partial charge in [0.2, 0.25) is 0 Å². The van der Waals surface area contributed by atoms with Crippen LogP contribution in [0.1, 0.15) is 35.8 Å². The lowest BCUT2D eigenvalue weighted by Gasteiger charge is -2.40. The lowest BCUT2D eigenvalue weighted by atomic mass is 9.85. The first kappa shape index (κ1) is 17.9. The van der Waals surface area contributed by atoms with Gasteiger partial charge in [-0.15, -0.1) is 0 Å². The van der Waals surface area contributed by atoms with Gasteiger partial charge in [-0.1, -0.05) is 0 Å². The third-order valence-electron chi connectivity index (χ3n) is 5.13. The van der Waals surface area contributed by atoms with E-state index in [-0.39, 0.29) is 5.75 Å². The van der Waals surface area contributed by atoms with Crippen LogP contribution in [0.4, 0.5) is 0 Å². The molecule has 2 atom stereocenters. The first-order valence-corrected chi connectivity index (χ1v) is 8.97. The lowest BCUT2D eigenvalue weighted by Crippen LogP contribution is -2.40. The van der Waals surface area contributed by atoms with Crippen molar-refractivity contribution in [2.24, 2.45) is 13.0 Å². The molecule has 25 heavy (non-hydrogen) atoms. The minimum Gasteiger partial charge on any atom is -0.506 e. The molecule has 0 aromatic carbocycles. The molecule has 1 saturated heterocycles. The summed E-state index contributed by atoms with van der Waals surface area (Å²) >= 11 is 0. The van der Waals surface area contributed by atoms with Crippen molar-refractivity contribution in [1.82, 2.24) is 24.6 Å². The standard InChI is InChI=1S/C19H29N5O/c1-14-7-8-18(25)17(21-14)13-22(2)11-15-6-5-9-23(3)19(15)16-10-20-24(4)12-16/h7-8,10,12,15,19,25H,5-6,9,11,13H2,1-4H3/t15-,19+/m0/s1. The summed E-state index contributed by atoms with van der Waals surface area (Å²) in [5.41, 5.74) is 2.98. The van der Waals surface area contributed by atoms with Crippen LogP contribution in [0.25, 0.3) is 0 Å². The summed E-state index contributed by atoms with van der Waals surface area (Å²) in [6.45, 7) is 4.71. The monoisotopic (exact) mass is 343 g/mol. The molecular weight excluding hydrogens is 314 g/mol. The molecule has 1 N–H and O–H groups in total. The summed E-state index contributed by atoms with van der Waals surface area (Å²) in [6.07, 6.45) is 6.56. The molecule has 2 aromatic heterocycles. The number of hydrogen-bond acceptors (Lipinski definition) is 5. The fourth-order valence-electron chi connectivity index (χ4n) is 4.01. The molecule has 0 aliphatic carbocycles. The SMILES string of the molecule is Cc1ccc(O)c(CN(C)C[C@@H]2CCCN(C)[C@H]2c2cnn(C)c2)n1. The van der Waals surface area contributed by atoms with E-state index in [2.05, 4.69) is 40.2 Å². The highest BCUT2D eigenvalue weighted by Crippen LogP contribution is 2.35. The van der Waals surface area contributed by atoms with Crippen molar-refractivity contribution in [2.75, 3.05) is 27.2 Å². The van der Waals surface area contributed by atoms with Crippen molar-refractivity contribution in [3.8, 4) is 5.75 Å². The lowest BCUT2D eigenvalue weighted by molar-refractivity contribution is 0.0920. The number of likely N-dealkylation sites (tertiary alicyclic amines) is 1. The van der Waals surface area contributed by atoms with Crippen LogP contribution in [-0.4, -0.2) is 56.9 Å². The van der Waals surface area contributed by atoms with Gasteiger partial charge in [-0.25, -0.2) is 0 Å². The van der Waals surface area contributed by atoms with E-state index in [1.165, 1.54) is 18.4 Å². The molecule has 1 aliphatic rings. The maximum atomic E-state index is 10.1. The van der Waals surface area contributed by atoms with Gasteiger partial charge in [0, 0.05) is 43.6 Å². The molecule has 3 heterocycles. The second-order valence-corrected chi connectivity index (χ2v) is 7.39. The molecule has 0 bridgehead atoms. The molecular formula is C19H29N5O. The minimum atomic E-state index is 0.280. The van der Waals surface area contributed by atoms with Gasteiger partial charge in [0.1, 0.15) is 5.75 Å². The van der Waals surface area contributed by atoms with Crippen LogP contribution in [0, 0.1) is 12.8 Å². The van der Waals surface area contributed by atoms with Gasteiger partial charge >= 0.3 is 0 Å². The average molecular weight is 343 g/mol. The highest BCUT2D eigenvalue weighted by atomic mass is 16.3. The summed E-state index contributed by atoms with van der Waals surface area (Å²) < 4.78 is 1.88. The van der Waals surface area contributed by atoms with E-state index in [0.29, 0.717) is 18.5 Å². The summed E-state index contributed by atoms with van der Waals surface area (Å²) in [5, 5.41) is 14.4. The molecule has 6 nitrogen and oxygen atoms in total. The number of hydrogen-bond donors (Lipinski definition) is 1. The van der Waals surface area contributed by atoms with Crippen molar-refractivity contribution >= 4 is 0 Å². The molecule has 0 amide bonds. The van der Waals surface area contributed by atoms with E-state index in [1.807, 2.05) is 30.9 Å². The Morgan fingerprint density at radius 3 is 2.84 bits per heavy atom. The average Bonchev–Trinajstić information content (AvgIpc) is 2.97. The Bertz CT molecular complexity index is 714. The maximum absolute atomic E-state index is 10.1. The van der Waals surface area contributed by atoms with Crippen LogP contribution in [0.15, 0.2) is 24.5 Å². The highest BCUT2D eigenvalue weighted by Gasteiger charge is 2.32. The Kier molecular flexibility index (Phi) is 5.39. The summed E-state index contributed by atoms with van der Waals surface area (Å²) in [5.74, 6) is 0.821. The van der Waals surface area contributed by atoms with E-state index in [4.69, 9.17) is 0 Å². The zero-order chi connectivity index (χ0) is 18.0. The molecule has 2 aromatic rings. The Morgan fingerprint density at radius 2 is 2.12 bits per heavy atom. The van der Waals surface area contributed by atoms with E-state index in [9.17, 15) is 5.11 Å². The summed E-state index contributed by atoms with van der Waals surface area (Å²) in [6, 6.07) is 3.97. The topological polar surface area (TPSA) is 57.4 Å². The largest absolute Gasteiger partial charge is 0.506 e. The number of pyridine rings is 1. The van der Waals surface area contributed by atoms with Gasteiger partial charge in [0.15, 0.2) is 0 Å². The quantitative estimate of drug-likeness (QED) is 0.903. The molecule has 0 unspecified atom stereocenters. The number of nitrogens with zero attached hydrogens (tertiary/aromatic N) is 5. The molecule has 6 heteroatoms. The van der Waals surface area contributed by atoms with Crippen LogP contribution in [0.2, 0.25) is 0 Å². The van der Waals surface area contributed by atoms with Crippen molar-refractivity contribution in [3.05, 3.63) is 41.5 Å². The molecule has 1 aliphatic heterocycles. The summed E-state index contributed by atoms with van der Waals surface area (Å²) in [7, 11) is 6.29. The van der Waals surface area contributed by atoms with Crippen molar-refractivity contribution in [3.63, 3.8) is 0 Å². The van der Waals surface area contributed by atoms with E-state index in [1.54, 1.807) is 6.07 Å². The third-order valence-corrected chi connectivity index (χ3v) is 5.13. The zero-order valence-corrected chi connectivity index (χ0v) is 15.7. The van der Waals surface area contributed by atoms with Crippen LogP contribution in [0.3, 0.4) is 0 Å². The molecule has 0 spiro atoms. The third kappa shape index (κ3) is 4.19. The van der Waals surface area contributed by atoms with E-state index < -0.39 is 0 Å². The van der Waals surface area contributed by atoms with Gasteiger partial charge in [0.05, 0.1) is 11.9 Å².